The van der Waals surface area contributed by atoms with Crippen molar-refractivity contribution in [1.82, 2.24) is 0 Å². The van der Waals surface area contributed by atoms with E-state index in [9.17, 15) is 0 Å². The summed E-state index contributed by atoms with van der Waals surface area (Å²) in [5.74, 6) is 0.710. The fraction of sp³-hybridized carbons (Fsp3) is 0.333. The Hall–Kier alpha value is -1.76. The molecule has 1 unspecified atom stereocenters. The van der Waals surface area contributed by atoms with E-state index in [1.54, 1.807) is 0 Å². The van der Waals surface area contributed by atoms with Gasteiger partial charge < -0.3 is 5.32 Å². The molecule has 1 aliphatic heterocycles. The van der Waals surface area contributed by atoms with Crippen LogP contribution in [0.4, 0.5) is 5.69 Å². The lowest BCUT2D eigenvalue weighted by Crippen LogP contribution is -2.25. The third-order valence-electron chi connectivity index (χ3n) is 4.03. The average molecular weight is 251 g/mol. The van der Waals surface area contributed by atoms with Crippen molar-refractivity contribution < 1.29 is 0 Å². The summed E-state index contributed by atoms with van der Waals surface area (Å²) in [4.78, 5) is 0. The van der Waals surface area contributed by atoms with Crippen molar-refractivity contribution >= 4 is 5.69 Å². The molecular formula is C18H21N. The summed E-state index contributed by atoms with van der Waals surface area (Å²) in [7, 11) is 0. The number of anilines is 1. The molecule has 0 saturated carbocycles. The molecule has 98 valence electrons. The molecule has 1 aliphatic rings. The number of aryl methyl sites for hydroxylation is 1. The molecule has 19 heavy (non-hydrogen) atoms. The molecule has 1 heterocycles. The Labute approximate surface area is 115 Å². The molecule has 1 atom stereocenters. The van der Waals surface area contributed by atoms with Crippen molar-refractivity contribution in [2.24, 2.45) is 5.92 Å². The van der Waals surface area contributed by atoms with Crippen LogP contribution in [-0.2, 0) is 19.3 Å². The van der Waals surface area contributed by atoms with E-state index in [0.717, 1.165) is 13.0 Å². The molecule has 3 rings (SSSR count). The third kappa shape index (κ3) is 2.81. The zero-order valence-corrected chi connectivity index (χ0v) is 11.5. The lowest BCUT2D eigenvalue weighted by atomic mass is 9.88. The van der Waals surface area contributed by atoms with E-state index in [1.165, 1.54) is 35.2 Å². The van der Waals surface area contributed by atoms with Crippen LogP contribution in [0.2, 0.25) is 0 Å². The summed E-state index contributed by atoms with van der Waals surface area (Å²) < 4.78 is 0. The monoisotopic (exact) mass is 251 g/mol. The molecule has 0 radical (unpaired) electrons. The van der Waals surface area contributed by atoms with Gasteiger partial charge in [0.2, 0.25) is 0 Å². The highest BCUT2D eigenvalue weighted by molar-refractivity contribution is 5.54. The lowest BCUT2D eigenvalue weighted by molar-refractivity contribution is 0.535. The normalized spacial score (nSPS) is 17.6. The second-order valence-corrected chi connectivity index (χ2v) is 5.49. The Kier molecular flexibility index (Phi) is 3.54. The van der Waals surface area contributed by atoms with Crippen LogP contribution in [0.3, 0.4) is 0 Å². The van der Waals surface area contributed by atoms with Gasteiger partial charge in [0.05, 0.1) is 0 Å². The maximum absolute atomic E-state index is 3.58. The fourth-order valence-electron chi connectivity index (χ4n) is 2.94. The van der Waals surface area contributed by atoms with Crippen LogP contribution >= 0.6 is 0 Å². The second kappa shape index (κ2) is 5.48. The zero-order valence-electron chi connectivity index (χ0n) is 11.5. The molecule has 1 nitrogen and oxygen atoms in total. The van der Waals surface area contributed by atoms with Crippen LogP contribution in [0.1, 0.15) is 23.6 Å². The summed E-state index contributed by atoms with van der Waals surface area (Å²) in [6.45, 7) is 3.31. The Morgan fingerprint density at radius 1 is 1.05 bits per heavy atom. The minimum Gasteiger partial charge on any atom is -0.385 e. The molecule has 0 bridgehead atoms. The molecule has 0 saturated heterocycles. The van der Waals surface area contributed by atoms with Gasteiger partial charge >= 0.3 is 0 Å². The Morgan fingerprint density at radius 2 is 1.89 bits per heavy atom. The maximum atomic E-state index is 3.58. The van der Waals surface area contributed by atoms with Gasteiger partial charge in [-0.3, -0.25) is 0 Å². The molecule has 1 N–H and O–H groups in total. The zero-order chi connectivity index (χ0) is 13.1. The van der Waals surface area contributed by atoms with E-state index >= 15 is 0 Å². The van der Waals surface area contributed by atoms with Gasteiger partial charge in [-0.05, 0) is 47.9 Å². The van der Waals surface area contributed by atoms with Crippen LogP contribution in [0.25, 0.3) is 0 Å². The highest BCUT2D eigenvalue weighted by Gasteiger charge is 2.18. The molecule has 2 aromatic carbocycles. The van der Waals surface area contributed by atoms with Crippen molar-refractivity contribution in [2.45, 2.75) is 26.2 Å². The smallest absolute Gasteiger partial charge is 0.0373 e. The van der Waals surface area contributed by atoms with Gasteiger partial charge in [0, 0.05) is 12.2 Å². The first kappa shape index (κ1) is 12.3. The summed E-state index contributed by atoms with van der Waals surface area (Å²) in [5.41, 5.74) is 5.72. The number of rotatable bonds is 3. The van der Waals surface area contributed by atoms with Crippen molar-refractivity contribution in [1.29, 1.82) is 0 Å². The molecule has 0 amide bonds. The SMILES string of the molecule is CCc1ccc2c(c1)CC(Cc1ccccc1)CN2. The molecule has 2 aromatic rings. The molecule has 0 aliphatic carbocycles. The predicted octanol–water partition coefficient (Wildman–Crippen LogP) is 4.08. The summed E-state index contributed by atoms with van der Waals surface area (Å²) >= 11 is 0. The van der Waals surface area contributed by atoms with Gasteiger partial charge in [-0.2, -0.15) is 0 Å². The highest BCUT2D eigenvalue weighted by atomic mass is 14.9. The van der Waals surface area contributed by atoms with Crippen LogP contribution in [0.15, 0.2) is 48.5 Å². The molecular weight excluding hydrogens is 230 g/mol. The summed E-state index contributed by atoms with van der Waals surface area (Å²) in [5, 5.41) is 3.58. The number of fused-ring (bicyclic) bond motifs is 1. The number of benzene rings is 2. The van der Waals surface area contributed by atoms with E-state index in [4.69, 9.17) is 0 Å². The van der Waals surface area contributed by atoms with Crippen molar-refractivity contribution in [3.05, 3.63) is 65.2 Å². The minimum atomic E-state index is 0.710. The van der Waals surface area contributed by atoms with Gasteiger partial charge in [-0.15, -0.1) is 0 Å². The van der Waals surface area contributed by atoms with Crippen LogP contribution < -0.4 is 5.32 Å². The van der Waals surface area contributed by atoms with Crippen molar-refractivity contribution in [2.75, 3.05) is 11.9 Å². The van der Waals surface area contributed by atoms with Crippen LogP contribution in [0, 0.1) is 5.92 Å². The van der Waals surface area contributed by atoms with Gasteiger partial charge in [0.25, 0.3) is 0 Å². The standard InChI is InChI=1S/C18H21N/c1-2-14-8-9-18-17(11-14)12-16(13-19-18)10-15-6-4-3-5-7-15/h3-9,11,16,19H,2,10,12-13H2,1H3. The molecule has 0 fully saturated rings. The van der Waals surface area contributed by atoms with E-state index in [2.05, 4.69) is 60.8 Å². The van der Waals surface area contributed by atoms with Gasteiger partial charge in [-0.1, -0.05) is 49.4 Å². The first-order chi connectivity index (χ1) is 9.35. The fourth-order valence-corrected chi connectivity index (χ4v) is 2.94. The minimum absolute atomic E-state index is 0.710. The van der Waals surface area contributed by atoms with E-state index in [0.29, 0.717) is 5.92 Å². The Morgan fingerprint density at radius 3 is 2.68 bits per heavy atom. The molecule has 0 aromatic heterocycles. The van der Waals surface area contributed by atoms with Crippen LogP contribution in [0.5, 0.6) is 0 Å². The van der Waals surface area contributed by atoms with Gasteiger partial charge in [-0.25, -0.2) is 0 Å². The van der Waals surface area contributed by atoms with Crippen molar-refractivity contribution in [3.8, 4) is 0 Å². The highest BCUT2D eigenvalue weighted by Crippen LogP contribution is 2.27. The number of hydrogen-bond acceptors (Lipinski definition) is 1. The maximum Gasteiger partial charge on any atom is 0.0373 e. The second-order valence-electron chi connectivity index (χ2n) is 5.49. The Bertz CT molecular complexity index is 545. The molecule has 1 heteroatoms. The largest absolute Gasteiger partial charge is 0.385 e. The first-order valence-corrected chi connectivity index (χ1v) is 7.24. The third-order valence-corrected chi connectivity index (χ3v) is 4.03. The molecule has 0 spiro atoms. The summed E-state index contributed by atoms with van der Waals surface area (Å²) in [6.07, 6.45) is 3.49. The summed E-state index contributed by atoms with van der Waals surface area (Å²) in [6, 6.07) is 17.7. The van der Waals surface area contributed by atoms with E-state index in [-0.39, 0.29) is 0 Å². The number of nitrogens with one attached hydrogen (secondary N) is 1. The quantitative estimate of drug-likeness (QED) is 0.867. The Balaban J connectivity index is 1.74. The lowest BCUT2D eigenvalue weighted by Gasteiger charge is -2.26. The van der Waals surface area contributed by atoms with E-state index in [1.807, 2.05) is 0 Å². The topological polar surface area (TPSA) is 12.0 Å². The van der Waals surface area contributed by atoms with E-state index < -0.39 is 0 Å². The predicted molar refractivity (Wildman–Crippen MR) is 81.6 cm³/mol. The van der Waals surface area contributed by atoms with Crippen molar-refractivity contribution in [3.63, 3.8) is 0 Å². The van der Waals surface area contributed by atoms with Crippen LogP contribution in [-0.4, -0.2) is 6.54 Å². The first-order valence-electron chi connectivity index (χ1n) is 7.24. The average Bonchev–Trinajstić information content (AvgIpc) is 2.47. The van der Waals surface area contributed by atoms with Gasteiger partial charge in [0.1, 0.15) is 0 Å². The number of hydrogen-bond donors (Lipinski definition) is 1. The van der Waals surface area contributed by atoms with Gasteiger partial charge in [0.15, 0.2) is 0 Å².